The lowest BCUT2D eigenvalue weighted by atomic mass is 10.3. The van der Waals surface area contributed by atoms with E-state index in [2.05, 4.69) is 25.5 Å². The summed E-state index contributed by atoms with van der Waals surface area (Å²) in [6.45, 7) is 1.54. The lowest BCUT2D eigenvalue weighted by Gasteiger charge is -2.11. The molecule has 2 rings (SSSR count). The smallest absolute Gasteiger partial charge is 0.329 e. The van der Waals surface area contributed by atoms with Crippen molar-refractivity contribution in [3.05, 3.63) is 44.6 Å². The van der Waals surface area contributed by atoms with E-state index in [4.69, 9.17) is 23.2 Å². The van der Waals surface area contributed by atoms with E-state index < -0.39 is 4.92 Å². The Kier molecular flexibility index (Phi) is 7.38. The van der Waals surface area contributed by atoms with Gasteiger partial charge in [-0.25, -0.2) is 4.98 Å². The first-order valence-corrected chi connectivity index (χ1v) is 8.74. The average molecular weight is 399 g/mol. The van der Waals surface area contributed by atoms with E-state index in [0.717, 1.165) is 19.4 Å². The lowest BCUT2D eigenvalue weighted by Crippen LogP contribution is -2.14. The monoisotopic (exact) mass is 398 g/mol. The van der Waals surface area contributed by atoms with Crippen LogP contribution in [0.5, 0.6) is 0 Å². The molecule has 8 nitrogen and oxygen atoms in total. The number of rotatable bonds is 9. The fraction of sp³-hybridized carbons (Fsp3) is 0.375. The molecule has 2 aromatic rings. The molecule has 0 aliphatic heterocycles. The van der Waals surface area contributed by atoms with Gasteiger partial charge in [-0.3, -0.25) is 10.1 Å². The lowest BCUT2D eigenvalue weighted by molar-refractivity contribution is -0.384. The van der Waals surface area contributed by atoms with Crippen molar-refractivity contribution in [3.63, 3.8) is 0 Å². The zero-order valence-electron chi connectivity index (χ0n) is 14.5. The van der Waals surface area contributed by atoms with Crippen molar-refractivity contribution < 1.29 is 4.92 Å². The van der Waals surface area contributed by atoms with Crippen molar-refractivity contribution in [1.82, 2.24) is 14.9 Å². The van der Waals surface area contributed by atoms with Gasteiger partial charge in [0.25, 0.3) is 0 Å². The maximum Gasteiger partial charge on any atom is 0.329 e. The summed E-state index contributed by atoms with van der Waals surface area (Å²) in [6.07, 6.45) is 3.02. The molecule has 0 radical (unpaired) electrons. The zero-order chi connectivity index (χ0) is 19.1. The van der Waals surface area contributed by atoms with Gasteiger partial charge < -0.3 is 15.5 Å². The molecule has 0 amide bonds. The molecule has 1 heterocycles. The van der Waals surface area contributed by atoms with E-state index in [9.17, 15) is 10.1 Å². The number of nitrogens with one attached hydrogen (secondary N) is 2. The fourth-order valence-corrected chi connectivity index (χ4v) is 2.46. The van der Waals surface area contributed by atoms with Crippen molar-refractivity contribution >= 4 is 46.3 Å². The Bertz CT molecular complexity index is 772. The van der Waals surface area contributed by atoms with Crippen LogP contribution in [-0.2, 0) is 0 Å². The van der Waals surface area contributed by atoms with E-state index in [1.54, 1.807) is 18.2 Å². The predicted molar refractivity (Wildman–Crippen MR) is 105 cm³/mol. The van der Waals surface area contributed by atoms with E-state index in [-0.39, 0.29) is 17.5 Å². The molecule has 10 heteroatoms. The number of hydrogen-bond donors (Lipinski definition) is 2. The van der Waals surface area contributed by atoms with Gasteiger partial charge in [0.1, 0.15) is 6.20 Å². The number of unbranched alkanes of at least 4 members (excludes halogenated alkanes) is 1. The molecule has 1 aromatic heterocycles. The first-order valence-electron chi connectivity index (χ1n) is 7.99. The van der Waals surface area contributed by atoms with Gasteiger partial charge in [0.15, 0.2) is 0 Å². The summed E-state index contributed by atoms with van der Waals surface area (Å²) < 4.78 is 0. The average Bonchev–Trinajstić information content (AvgIpc) is 2.57. The van der Waals surface area contributed by atoms with Crippen LogP contribution < -0.4 is 10.6 Å². The van der Waals surface area contributed by atoms with Crippen LogP contribution in [0.1, 0.15) is 12.8 Å². The summed E-state index contributed by atoms with van der Waals surface area (Å²) in [5.41, 5.74) is 0.461. The highest BCUT2D eigenvalue weighted by Gasteiger charge is 2.17. The maximum absolute atomic E-state index is 11.2. The number of hydrogen-bond acceptors (Lipinski definition) is 7. The van der Waals surface area contributed by atoms with Gasteiger partial charge in [-0.15, -0.1) is 0 Å². The first kappa shape index (κ1) is 20.2. The first-order chi connectivity index (χ1) is 12.4. The van der Waals surface area contributed by atoms with Crippen molar-refractivity contribution in [2.75, 3.05) is 37.8 Å². The third kappa shape index (κ3) is 5.98. The summed E-state index contributed by atoms with van der Waals surface area (Å²) >= 11 is 11.9. The Hall–Kier alpha value is -2.16. The zero-order valence-corrected chi connectivity index (χ0v) is 16.0. The minimum Gasteiger partial charge on any atom is -0.364 e. The van der Waals surface area contributed by atoms with E-state index in [1.165, 1.54) is 6.20 Å². The highest BCUT2D eigenvalue weighted by atomic mass is 35.5. The Labute approximate surface area is 161 Å². The highest BCUT2D eigenvalue weighted by Crippen LogP contribution is 2.27. The second-order valence-electron chi connectivity index (χ2n) is 5.88. The third-order valence-corrected chi connectivity index (χ3v) is 4.21. The number of nitrogens with zero attached hydrogens (tertiary/aromatic N) is 4. The molecule has 0 aliphatic rings. The van der Waals surface area contributed by atoms with Crippen LogP contribution in [0, 0.1) is 10.1 Å². The Balaban J connectivity index is 2.08. The van der Waals surface area contributed by atoms with Gasteiger partial charge in [0.05, 0.1) is 15.0 Å². The second-order valence-corrected chi connectivity index (χ2v) is 6.69. The molecule has 26 heavy (non-hydrogen) atoms. The van der Waals surface area contributed by atoms with Gasteiger partial charge >= 0.3 is 5.69 Å². The standard InChI is InChI=1S/C16H20Cl2N6O2/c1-23(2)8-4-3-7-19-15-14(24(25)26)10-20-16(22-15)21-11-5-6-12(17)13(18)9-11/h5-6,9-10H,3-4,7-8H2,1-2H3,(H2,19,20,21,22). The molecule has 140 valence electrons. The van der Waals surface area contributed by atoms with Crippen LogP contribution in [0.4, 0.5) is 23.1 Å². The molecular weight excluding hydrogens is 379 g/mol. The third-order valence-electron chi connectivity index (χ3n) is 3.47. The topological polar surface area (TPSA) is 96.2 Å². The molecule has 1 aromatic carbocycles. The number of nitro groups is 1. The van der Waals surface area contributed by atoms with E-state index in [1.807, 2.05) is 14.1 Å². The van der Waals surface area contributed by atoms with Crippen LogP contribution in [0.15, 0.2) is 24.4 Å². The summed E-state index contributed by atoms with van der Waals surface area (Å²) in [4.78, 5) is 21.0. The molecular formula is C16H20Cl2N6O2. The van der Waals surface area contributed by atoms with Crippen molar-refractivity contribution in [2.24, 2.45) is 0 Å². The Morgan fingerprint density at radius 3 is 2.65 bits per heavy atom. The number of anilines is 3. The summed E-state index contributed by atoms with van der Waals surface area (Å²) in [5, 5.41) is 18.0. The largest absolute Gasteiger partial charge is 0.364 e. The van der Waals surface area contributed by atoms with Gasteiger partial charge in [0, 0.05) is 12.2 Å². The molecule has 0 saturated carbocycles. The van der Waals surface area contributed by atoms with E-state index in [0.29, 0.717) is 22.3 Å². The van der Waals surface area contributed by atoms with Crippen molar-refractivity contribution in [3.8, 4) is 0 Å². The van der Waals surface area contributed by atoms with Gasteiger partial charge in [-0.1, -0.05) is 23.2 Å². The molecule has 0 bridgehead atoms. The number of halogens is 2. The predicted octanol–water partition coefficient (Wildman–Crippen LogP) is 4.19. The van der Waals surface area contributed by atoms with Crippen molar-refractivity contribution in [2.45, 2.75) is 12.8 Å². The minimum atomic E-state index is -0.509. The van der Waals surface area contributed by atoms with Gasteiger partial charge in [-0.2, -0.15) is 4.98 Å². The Morgan fingerprint density at radius 2 is 2.00 bits per heavy atom. The van der Waals surface area contributed by atoms with Crippen LogP contribution in [0.3, 0.4) is 0 Å². The molecule has 2 N–H and O–H groups in total. The van der Waals surface area contributed by atoms with Crippen molar-refractivity contribution in [1.29, 1.82) is 0 Å². The summed E-state index contributed by atoms with van der Waals surface area (Å²) in [5.74, 6) is 0.405. The molecule has 0 fully saturated rings. The second kappa shape index (κ2) is 9.51. The number of benzene rings is 1. The number of aromatic nitrogens is 2. The summed E-state index contributed by atoms with van der Waals surface area (Å²) in [7, 11) is 4.01. The maximum atomic E-state index is 11.2. The normalized spacial score (nSPS) is 10.8. The highest BCUT2D eigenvalue weighted by molar-refractivity contribution is 6.42. The van der Waals surface area contributed by atoms with Crippen LogP contribution in [0.2, 0.25) is 10.0 Å². The molecule has 0 atom stereocenters. The van der Waals surface area contributed by atoms with Crippen LogP contribution in [-0.4, -0.2) is 47.0 Å². The fourth-order valence-electron chi connectivity index (χ4n) is 2.16. The molecule has 0 saturated heterocycles. The Morgan fingerprint density at radius 1 is 1.23 bits per heavy atom. The van der Waals surface area contributed by atoms with E-state index >= 15 is 0 Å². The molecule has 0 unspecified atom stereocenters. The quantitative estimate of drug-likeness (QED) is 0.371. The minimum absolute atomic E-state index is 0.169. The SMILES string of the molecule is CN(C)CCCCNc1nc(Nc2ccc(Cl)c(Cl)c2)ncc1[N+](=O)[O-]. The summed E-state index contributed by atoms with van der Waals surface area (Å²) in [6, 6.07) is 4.98. The van der Waals surface area contributed by atoms with Crippen LogP contribution >= 0.6 is 23.2 Å². The molecule has 0 aliphatic carbocycles. The van der Waals surface area contributed by atoms with Crippen LogP contribution in [0.25, 0.3) is 0 Å². The van der Waals surface area contributed by atoms with Gasteiger partial charge in [0.2, 0.25) is 11.8 Å². The molecule has 0 spiro atoms. The van der Waals surface area contributed by atoms with Gasteiger partial charge in [-0.05, 0) is 51.7 Å².